The van der Waals surface area contributed by atoms with Crippen molar-refractivity contribution in [3.05, 3.63) is 191 Å². The monoisotopic (exact) mass is 764 g/mol. The molecule has 1 saturated heterocycles. The summed E-state index contributed by atoms with van der Waals surface area (Å²) in [5.74, 6) is 2.37. The van der Waals surface area contributed by atoms with E-state index in [2.05, 4.69) is 132 Å². The van der Waals surface area contributed by atoms with E-state index in [0.717, 1.165) is 48.9 Å². The van der Waals surface area contributed by atoms with Crippen molar-refractivity contribution in [3.8, 4) is 0 Å². The van der Waals surface area contributed by atoms with Crippen molar-refractivity contribution in [2.75, 3.05) is 0 Å². The highest BCUT2D eigenvalue weighted by atomic mass is 15.3. The predicted molar refractivity (Wildman–Crippen MR) is 240 cm³/mol. The lowest BCUT2D eigenvalue weighted by Crippen LogP contribution is -2.50. The molecule has 0 bridgehead atoms. The first-order valence-electron chi connectivity index (χ1n) is 22.4. The van der Waals surface area contributed by atoms with E-state index in [4.69, 9.17) is 17.3 Å². The van der Waals surface area contributed by atoms with Crippen LogP contribution in [0.15, 0.2) is 185 Å². The van der Waals surface area contributed by atoms with Gasteiger partial charge in [0.05, 0.1) is 11.3 Å². The van der Waals surface area contributed by atoms with Gasteiger partial charge in [-0.25, -0.2) is 0 Å². The standard InChI is InChI=1S/C54H60N4/c1-37-34-42(36-51-52(37)45-21-11-13-23-50(45)58(51)54(2)32-14-5-15-33-54)41-27-31-49-46(35-41)44-20-10-12-22-48(44)57(49)43-28-24-38(25-29-43)26-30-47(39-16-6-3-7-17-39)56-53(55)40-18-8-4-9-19-40/h3-9,11,13-19,23-24,26,28,30,32,35,42,44-45,48,51-53H,1,10,12,20-22,25,27,29,31,33-34,36,55H2,2H3/b30-26+,56-47+. The molecule has 2 aliphatic heterocycles. The Bertz CT molecular complexity index is 2240. The summed E-state index contributed by atoms with van der Waals surface area (Å²) in [6, 6.07) is 21.7. The summed E-state index contributed by atoms with van der Waals surface area (Å²) in [6.45, 7) is 7.35. The Kier molecular flexibility index (Phi) is 10.1. The fourth-order valence-electron chi connectivity index (χ4n) is 12.2. The van der Waals surface area contributed by atoms with E-state index in [1.165, 1.54) is 61.8 Å². The Labute approximate surface area is 347 Å². The lowest BCUT2D eigenvalue weighted by atomic mass is 9.67. The first-order valence-corrected chi connectivity index (χ1v) is 22.4. The van der Waals surface area contributed by atoms with Crippen LogP contribution < -0.4 is 5.73 Å². The van der Waals surface area contributed by atoms with E-state index in [1.54, 1.807) is 22.5 Å². The number of benzene rings is 2. The van der Waals surface area contributed by atoms with Crippen LogP contribution in [0, 0.1) is 23.7 Å². The average molecular weight is 765 g/mol. The highest BCUT2D eigenvalue weighted by Crippen LogP contribution is 2.57. The van der Waals surface area contributed by atoms with Crippen LogP contribution in [-0.2, 0) is 0 Å². The third-order valence-corrected chi connectivity index (χ3v) is 14.9. The smallest absolute Gasteiger partial charge is 0.123 e. The van der Waals surface area contributed by atoms with Gasteiger partial charge in [-0.2, -0.15) is 0 Å². The molecule has 2 heterocycles. The number of fused-ring (bicyclic) bond motifs is 5. The normalized spacial score (nSPS) is 32.3. The molecule has 8 unspecified atom stereocenters. The van der Waals surface area contributed by atoms with Crippen LogP contribution in [0.25, 0.3) is 0 Å². The van der Waals surface area contributed by atoms with Crippen molar-refractivity contribution >= 4 is 5.71 Å². The fourth-order valence-corrected chi connectivity index (χ4v) is 12.2. The molecule has 0 radical (unpaired) electrons. The second-order valence-electron chi connectivity index (χ2n) is 18.4. The summed E-state index contributed by atoms with van der Waals surface area (Å²) in [4.78, 5) is 10.7. The van der Waals surface area contributed by atoms with E-state index < -0.39 is 6.17 Å². The van der Waals surface area contributed by atoms with Crippen molar-refractivity contribution in [3.63, 3.8) is 0 Å². The van der Waals surface area contributed by atoms with E-state index in [-0.39, 0.29) is 5.54 Å². The predicted octanol–water partition coefficient (Wildman–Crippen LogP) is 12.1. The van der Waals surface area contributed by atoms with E-state index >= 15 is 0 Å². The Morgan fingerprint density at radius 3 is 2.50 bits per heavy atom. The van der Waals surface area contributed by atoms with Gasteiger partial charge in [0.25, 0.3) is 0 Å². The summed E-state index contributed by atoms with van der Waals surface area (Å²) in [6.07, 6.45) is 42.5. The third kappa shape index (κ3) is 6.81. The number of aliphatic imine (C=N–C) groups is 1. The van der Waals surface area contributed by atoms with Gasteiger partial charge in [-0.15, -0.1) is 0 Å². The number of hydrogen-bond acceptors (Lipinski definition) is 4. The zero-order valence-electron chi connectivity index (χ0n) is 34.4. The second kappa shape index (κ2) is 15.7. The van der Waals surface area contributed by atoms with Crippen LogP contribution in [0.4, 0.5) is 0 Å². The van der Waals surface area contributed by atoms with E-state index in [0.29, 0.717) is 35.8 Å². The SMILES string of the molecule is C=C1CC(C2=CC3=C(CC2)N(C2=CC=C(/C=C/C(=N\C(N)c4ccccc4)c4ccccc4)CC2)C2CCCCC32)CC2C1C1CC=CC=C1N2C1(C)C=CC=CC1. The average Bonchev–Trinajstić information content (AvgIpc) is 3.79. The first kappa shape index (κ1) is 37.3. The molecule has 2 N–H and O–H groups in total. The Morgan fingerprint density at radius 1 is 0.879 bits per heavy atom. The second-order valence-corrected chi connectivity index (χ2v) is 18.4. The summed E-state index contributed by atoms with van der Waals surface area (Å²) < 4.78 is 0. The van der Waals surface area contributed by atoms with Crippen LogP contribution in [0.5, 0.6) is 0 Å². The summed E-state index contributed by atoms with van der Waals surface area (Å²) in [5.41, 5.74) is 20.6. The number of likely N-dealkylation sites (tertiary alicyclic amines) is 1. The Hall–Kier alpha value is -4.93. The van der Waals surface area contributed by atoms with Gasteiger partial charge in [-0.1, -0.05) is 146 Å². The van der Waals surface area contributed by atoms with Crippen LogP contribution >= 0.6 is 0 Å². The van der Waals surface area contributed by atoms with Gasteiger partial charge in [0.1, 0.15) is 6.17 Å². The van der Waals surface area contributed by atoms with Crippen LogP contribution in [-0.4, -0.2) is 33.1 Å². The number of hydrogen-bond donors (Lipinski definition) is 1. The van der Waals surface area contributed by atoms with E-state index in [9.17, 15) is 0 Å². The van der Waals surface area contributed by atoms with Crippen LogP contribution in [0.1, 0.15) is 101 Å². The van der Waals surface area contributed by atoms with Crippen molar-refractivity contribution in [2.24, 2.45) is 34.4 Å². The summed E-state index contributed by atoms with van der Waals surface area (Å²) in [7, 11) is 0. The molecule has 10 rings (SSSR count). The number of nitrogens with zero attached hydrogens (tertiary/aromatic N) is 3. The minimum Gasteiger partial charge on any atom is -0.362 e. The molecule has 2 aromatic carbocycles. The highest BCUT2D eigenvalue weighted by molar-refractivity contribution is 6.09. The number of allylic oxidation sites excluding steroid dienone is 15. The maximum atomic E-state index is 6.60. The molecule has 4 nitrogen and oxygen atoms in total. The molecule has 4 heteroatoms. The number of nitrogens with two attached hydrogens (primary N) is 1. The first-order chi connectivity index (χ1) is 28.4. The minimum absolute atomic E-state index is 0.0228. The van der Waals surface area contributed by atoms with Crippen LogP contribution in [0.2, 0.25) is 0 Å². The van der Waals surface area contributed by atoms with Gasteiger partial charge in [0, 0.05) is 46.9 Å². The van der Waals surface area contributed by atoms with Crippen LogP contribution in [0.3, 0.4) is 0 Å². The molecule has 0 amide bonds. The van der Waals surface area contributed by atoms with Crippen molar-refractivity contribution in [2.45, 2.75) is 108 Å². The molecular formula is C54H60N4. The van der Waals surface area contributed by atoms with Crippen molar-refractivity contribution < 1.29 is 0 Å². The van der Waals surface area contributed by atoms with Crippen molar-refractivity contribution in [1.82, 2.24) is 9.80 Å². The third-order valence-electron chi connectivity index (χ3n) is 14.9. The summed E-state index contributed by atoms with van der Waals surface area (Å²) >= 11 is 0. The van der Waals surface area contributed by atoms with Gasteiger partial charge in [0.15, 0.2) is 0 Å². The van der Waals surface area contributed by atoms with Gasteiger partial charge in [-0.05, 0) is 118 Å². The zero-order chi connectivity index (χ0) is 39.2. The molecule has 6 aliphatic carbocycles. The quantitative estimate of drug-likeness (QED) is 0.215. The minimum atomic E-state index is -0.412. The van der Waals surface area contributed by atoms with Gasteiger partial charge >= 0.3 is 0 Å². The molecule has 58 heavy (non-hydrogen) atoms. The molecule has 0 spiro atoms. The molecule has 2 saturated carbocycles. The molecule has 8 atom stereocenters. The lowest BCUT2D eigenvalue weighted by Gasteiger charge is -2.47. The van der Waals surface area contributed by atoms with Gasteiger partial charge < -0.3 is 15.5 Å². The fraction of sp³-hybridized carbons (Fsp3) is 0.389. The highest BCUT2D eigenvalue weighted by Gasteiger charge is 2.54. The Morgan fingerprint density at radius 2 is 1.71 bits per heavy atom. The molecule has 3 fully saturated rings. The van der Waals surface area contributed by atoms with E-state index in [1.807, 2.05) is 18.2 Å². The van der Waals surface area contributed by atoms with Gasteiger partial charge in [0.2, 0.25) is 0 Å². The maximum absolute atomic E-state index is 6.60. The molecular weight excluding hydrogens is 705 g/mol. The largest absolute Gasteiger partial charge is 0.362 e. The summed E-state index contributed by atoms with van der Waals surface area (Å²) in [5, 5.41) is 0. The lowest BCUT2D eigenvalue weighted by molar-refractivity contribution is 0.119. The topological polar surface area (TPSA) is 44.9 Å². The Balaban J connectivity index is 0.911. The molecule has 8 aliphatic rings. The van der Waals surface area contributed by atoms with Gasteiger partial charge in [-0.3, -0.25) is 4.99 Å². The molecule has 2 aromatic rings. The number of rotatable bonds is 8. The maximum Gasteiger partial charge on any atom is 0.123 e. The van der Waals surface area contributed by atoms with Crippen molar-refractivity contribution in [1.29, 1.82) is 0 Å². The zero-order valence-corrected chi connectivity index (χ0v) is 34.4. The molecule has 296 valence electrons. The molecule has 0 aromatic heterocycles.